The molecule has 31 heavy (non-hydrogen) atoms. The van der Waals surface area contributed by atoms with Crippen LogP contribution in [0.5, 0.6) is 17.2 Å². The highest BCUT2D eigenvalue weighted by molar-refractivity contribution is 6.12. The fraction of sp³-hybridized carbons (Fsp3) is 0.174. The molecule has 3 aromatic carbocycles. The van der Waals surface area contributed by atoms with Gasteiger partial charge in [-0.05, 0) is 42.5 Å². The van der Waals surface area contributed by atoms with E-state index in [1.165, 1.54) is 18.1 Å². The Bertz CT molecular complexity index is 1090. The standard InChI is InChI=1S/C23H20F2N2O4/c1-29-15-12-10-14(11-13-15)27-21(26-18-8-4-3-6-16(18)22(27)28)17-7-5-9-19(30-2)20(17)31-23(24)25/h3-13,21,23,26H,1-2H3. The van der Waals surface area contributed by atoms with E-state index in [1.807, 2.05) is 0 Å². The van der Waals surface area contributed by atoms with Crippen LogP contribution in [-0.2, 0) is 0 Å². The van der Waals surface area contributed by atoms with E-state index >= 15 is 0 Å². The smallest absolute Gasteiger partial charge is 0.387 e. The van der Waals surface area contributed by atoms with Crippen molar-refractivity contribution >= 4 is 17.3 Å². The van der Waals surface area contributed by atoms with Crippen molar-refractivity contribution in [2.24, 2.45) is 0 Å². The molecule has 0 radical (unpaired) electrons. The second-order valence-corrected chi connectivity index (χ2v) is 6.72. The zero-order valence-electron chi connectivity index (χ0n) is 16.8. The van der Waals surface area contributed by atoms with E-state index in [0.717, 1.165) is 0 Å². The highest BCUT2D eigenvalue weighted by Gasteiger charge is 2.36. The molecule has 1 heterocycles. The number of amides is 1. The Morgan fingerprint density at radius 3 is 2.35 bits per heavy atom. The Hall–Kier alpha value is -3.81. The van der Waals surface area contributed by atoms with E-state index < -0.39 is 12.8 Å². The first-order chi connectivity index (χ1) is 15.0. The van der Waals surface area contributed by atoms with Crippen LogP contribution in [0.25, 0.3) is 0 Å². The van der Waals surface area contributed by atoms with E-state index in [9.17, 15) is 13.6 Å². The predicted molar refractivity (Wildman–Crippen MR) is 112 cm³/mol. The van der Waals surface area contributed by atoms with Gasteiger partial charge in [-0.15, -0.1) is 0 Å². The van der Waals surface area contributed by atoms with Crippen molar-refractivity contribution in [3.05, 3.63) is 77.9 Å². The van der Waals surface area contributed by atoms with Gasteiger partial charge < -0.3 is 19.5 Å². The number of benzene rings is 3. The van der Waals surface area contributed by atoms with Gasteiger partial charge in [-0.1, -0.05) is 24.3 Å². The molecule has 4 rings (SSSR count). The van der Waals surface area contributed by atoms with Crippen molar-refractivity contribution in [2.45, 2.75) is 12.8 Å². The lowest BCUT2D eigenvalue weighted by molar-refractivity contribution is -0.0519. The summed E-state index contributed by atoms with van der Waals surface area (Å²) in [6.07, 6.45) is -0.820. The number of nitrogens with one attached hydrogen (secondary N) is 1. The number of alkyl halides is 2. The molecule has 1 aliphatic rings. The number of carbonyl (C=O) groups excluding carboxylic acids is 1. The fourth-order valence-electron chi connectivity index (χ4n) is 3.60. The monoisotopic (exact) mass is 426 g/mol. The summed E-state index contributed by atoms with van der Waals surface area (Å²) in [5.74, 6) is 0.348. The van der Waals surface area contributed by atoms with Gasteiger partial charge in [-0.3, -0.25) is 9.69 Å². The normalized spacial score (nSPS) is 15.3. The average molecular weight is 426 g/mol. The van der Waals surface area contributed by atoms with Crippen molar-refractivity contribution in [3.63, 3.8) is 0 Å². The van der Waals surface area contributed by atoms with Gasteiger partial charge in [0.05, 0.1) is 19.8 Å². The molecule has 1 unspecified atom stereocenters. The molecule has 0 bridgehead atoms. The largest absolute Gasteiger partial charge is 0.497 e. The van der Waals surface area contributed by atoms with E-state index in [-0.39, 0.29) is 17.4 Å². The van der Waals surface area contributed by atoms with E-state index in [4.69, 9.17) is 14.2 Å². The summed E-state index contributed by atoms with van der Waals surface area (Å²) in [5, 5.41) is 3.28. The molecule has 1 atom stereocenters. The van der Waals surface area contributed by atoms with Gasteiger partial charge in [-0.25, -0.2) is 0 Å². The SMILES string of the molecule is COc1ccc(N2C(=O)c3ccccc3NC2c2cccc(OC)c2OC(F)F)cc1. The van der Waals surface area contributed by atoms with Gasteiger partial charge in [-0.2, -0.15) is 8.78 Å². The zero-order chi connectivity index (χ0) is 22.0. The molecular formula is C23H20F2N2O4. The molecule has 0 aliphatic carbocycles. The van der Waals surface area contributed by atoms with Crippen molar-refractivity contribution in [3.8, 4) is 17.2 Å². The number of carbonyl (C=O) groups is 1. The summed E-state index contributed by atoms with van der Waals surface area (Å²) in [4.78, 5) is 15.0. The maximum atomic E-state index is 13.5. The third-order valence-electron chi connectivity index (χ3n) is 5.01. The van der Waals surface area contributed by atoms with Crippen molar-refractivity contribution in [2.75, 3.05) is 24.4 Å². The molecule has 0 saturated carbocycles. The number of fused-ring (bicyclic) bond motifs is 1. The van der Waals surface area contributed by atoms with Crippen LogP contribution in [0.15, 0.2) is 66.7 Å². The summed E-state index contributed by atoms with van der Waals surface area (Å²) in [5.41, 5.74) is 1.95. The molecule has 6 nitrogen and oxygen atoms in total. The number of hydrogen-bond donors (Lipinski definition) is 1. The number of hydrogen-bond acceptors (Lipinski definition) is 5. The van der Waals surface area contributed by atoms with Gasteiger partial charge in [0.15, 0.2) is 11.5 Å². The fourth-order valence-corrected chi connectivity index (χ4v) is 3.60. The Morgan fingerprint density at radius 2 is 1.68 bits per heavy atom. The van der Waals surface area contributed by atoms with Crippen LogP contribution in [0.4, 0.5) is 20.2 Å². The molecule has 1 N–H and O–H groups in total. The number of rotatable bonds is 6. The molecule has 1 amide bonds. The summed E-state index contributed by atoms with van der Waals surface area (Å²) in [6, 6.07) is 18.7. The second kappa shape index (κ2) is 8.51. The maximum Gasteiger partial charge on any atom is 0.387 e. The van der Waals surface area contributed by atoms with E-state index in [2.05, 4.69) is 5.32 Å². The first-order valence-electron chi connectivity index (χ1n) is 9.48. The van der Waals surface area contributed by atoms with Crippen LogP contribution < -0.4 is 24.4 Å². The van der Waals surface area contributed by atoms with E-state index in [1.54, 1.807) is 67.8 Å². The number of nitrogens with zero attached hydrogens (tertiary/aromatic N) is 1. The summed E-state index contributed by atoms with van der Waals surface area (Å²) in [6.45, 7) is -3.06. The molecule has 160 valence electrons. The molecule has 3 aromatic rings. The minimum absolute atomic E-state index is 0.136. The third kappa shape index (κ3) is 3.84. The van der Waals surface area contributed by atoms with Crippen LogP contribution in [0.2, 0.25) is 0 Å². The summed E-state index contributed by atoms with van der Waals surface area (Å²) < 4.78 is 41.7. The molecule has 0 saturated heterocycles. The molecule has 8 heteroatoms. The first kappa shape index (κ1) is 20.5. The minimum Gasteiger partial charge on any atom is -0.497 e. The van der Waals surface area contributed by atoms with Crippen molar-refractivity contribution in [1.29, 1.82) is 0 Å². The topological polar surface area (TPSA) is 60.0 Å². The third-order valence-corrected chi connectivity index (χ3v) is 5.01. The number of methoxy groups -OCH3 is 2. The maximum absolute atomic E-state index is 13.5. The Kier molecular flexibility index (Phi) is 5.62. The van der Waals surface area contributed by atoms with E-state index in [0.29, 0.717) is 28.3 Å². The number of ether oxygens (including phenoxy) is 3. The molecule has 0 fully saturated rings. The van der Waals surface area contributed by atoms with Crippen LogP contribution in [0.3, 0.4) is 0 Å². The second-order valence-electron chi connectivity index (χ2n) is 6.72. The van der Waals surface area contributed by atoms with Gasteiger partial charge in [0.1, 0.15) is 11.9 Å². The first-order valence-corrected chi connectivity index (χ1v) is 9.48. The molecule has 0 aromatic heterocycles. The molecule has 0 spiro atoms. The lowest BCUT2D eigenvalue weighted by atomic mass is 10.0. The highest BCUT2D eigenvalue weighted by atomic mass is 19.3. The van der Waals surface area contributed by atoms with Crippen LogP contribution >= 0.6 is 0 Å². The number of halogens is 2. The van der Waals surface area contributed by atoms with Crippen LogP contribution in [0, 0.1) is 0 Å². The molecular weight excluding hydrogens is 406 g/mol. The quantitative estimate of drug-likeness (QED) is 0.596. The Balaban J connectivity index is 1.88. The van der Waals surface area contributed by atoms with Gasteiger partial charge in [0, 0.05) is 16.9 Å². The lowest BCUT2D eigenvalue weighted by Crippen LogP contribution is -2.43. The number of para-hydroxylation sites is 2. The van der Waals surface area contributed by atoms with Crippen molar-refractivity contribution in [1.82, 2.24) is 0 Å². The van der Waals surface area contributed by atoms with Gasteiger partial charge in [0.2, 0.25) is 0 Å². The van der Waals surface area contributed by atoms with Gasteiger partial charge in [0.25, 0.3) is 5.91 Å². The minimum atomic E-state index is -3.06. The van der Waals surface area contributed by atoms with Crippen LogP contribution in [-0.4, -0.2) is 26.7 Å². The Morgan fingerprint density at radius 1 is 0.935 bits per heavy atom. The van der Waals surface area contributed by atoms with Crippen molar-refractivity contribution < 1.29 is 27.8 Å². The number of anilines is 2. The summed E-state index contributed by atoms with van der Waals surface area (Å²) in [7, 11) is 2.92. The van der Waals surface area contributed by atoms with Gasteiger partial charge >= 0.3 is 6.61 Å². The lowest BCUT2D eigenvalue weighted by Gasteiger charge is -2.38. The zero-order valence-corrected chi connectivity index (χ0v) is 16.8. The highest BCUT2D eigenvalue weighted by Crippen LogP contribution is 2.43. The predicted octanol–water partition coefficient (Wildman–Crippen LogP) is 5.08. The average Bonchev–Trinajstić information content (AvgIpc) is 2.79. The molecule has 1 aliphatic heterocycles. The summed E-state index contributed by atoms with van der Waals surface area (Å²) >= 11 is 0. The van der Waals surface area contributed by atoms with Crippen LogP contribution in [0.1, 0.15) is 22.1 Å². The Labute approximate surface area is 178 Å².